The number of hydrogen-bond donors (Lipinski definition) is 0. The summed E-state index contributed by atoms with van der Waals surface area (Å²) in [6.45, 7) is 3.13. The molecule has 1 fully saturated rings. The van der Waals surface area contributed by atoms with E-state index in [0.29, 0.717) is 32.0 Å². The van der Waals surface area contributed by atoms with Gasteiger partial charge in [0.15, 0.2) is 0 Å². The lowest BCUT2D eigenvalue weighted by Gasteiger charge is -2.19. The predicted octanol–water partition coefficient (Wildman–Crippen LogP) is 2.75. The summed E-state index contributed by atoms with van der Waals surface area (Å²) < 4.78 is 0. The summed E-state index contributed by atoms with van der Waals surface area (Å²) in [5.41, 5.74) is 2.08. The highest BCUT2D eigenvalue weighted by molar-refractivity contribution is 5.79. The molecule has 0 aliphatic heterocycles. The summed E-state index contributed by atoms with van der Waals surface area (Å²) in [6, 6.07) is 6.61. The molecule has 1 aliphatic rings. The van der Waals surface area contributed by atoms with Crippen LogP contribution < -0.4 is 0 Å². The number of aryl methyl sites for hydroxylation is 1. The second-order valence-electron chi connectivity index (χ2n) is 5.82. The van der Waals surface area contributed by atoms with Crippen LogP contribution in [-0.4, -0.2) is 41.1 Å². The molecule has 0 spiro atoms. The minimum absolute atomic E-state index is 0.120. The summed E-state index contributed by atoms with van der Waals surface area (Å²) in [6.07, 6.45) is 8.59. The van der Waals surface area contributed by atoms with E-state index in [9.17, 15) is 4.79 Å². The molecule has 1 aromatic heterocycles. The van der Waals surface area contributed by atoms with Gasteiger partial charge in [-0.1, -0.05) is 0 Å². The van der Waals surface area contributed by atoms with Crippen molar-refractivity contribution >= 4 is 12.1 Å². The Morgan fingerprint density at radius 2 is 2.39 bits per heavy atom. The van der Waals surface area contributed by atoms with Crippen molar-refractivity contribution in [1.82, 2.24) is 9.88 Å². The fraction of sp³-hybridized carbons (Fsp3) is 0.556. The molecule has 0 unspecified atom stereocenters. The van der Waals surface area contributed by atoms with Crippen LogP contribution in [0.2, 0.25) is 0 Å². The minimum atomic E-state index is 0.120. The van der Waals surface area contributed by atoms with Gasteiger partial charge in [-0.15, -0.1) is 0 Å². The molecular formula is C18H24N4O. The molecule has 0 saturated heterocycles. The van der Waals surface area contributed by atoms with Gasteiger partial charge in [-0.05, 0) is 50.3 Å². The van der Waals surface area contributed by atoms with Crippen molar-refractivity contribution in [3.8, 4) is 6.07 Å². The normalized spacial score (nSPS) is 13.9. The number of hydrogen-bond acceptors (Lipinski definition) is 4. The Labute approximate surface area is 138 Å². The van der Waals surface area contributed by atoms with Gasteiger partial charge in [0.05, 0.1) is 18.5 Å². The molecular weight excluding hydrogens is 288 g/mol. The van der Waals surface area contributed by atoms with Crippen LogP contribution in [0.15, 0.2) is 23.3 Å². The van der Waals surface area contributed by atoms with Gasteiger partial charge >= 0.3 is 0 Å². The number of nitrogens with zero attached hydrogens (tertiary/aromatic N) is 4. The van der Waals surface area contributed by atoms with Crippen molar-refractivity contribution in [2.24, 2.45) is 4.99 Å². The van der Waals surface area contributed by atoms with Crippen LogP contribution in [0.4, 0.5) is 0 Å². The van der Waals surface area contributed by atoms with Gasteiger partial charge in [-0.2, -0.15) is 5.26 Å². The van der Waals surface area contributed by atoms with Crippen molar-refractivity contribution in [2.45, 2.75) is 51.5 Å². The van der Waals surface area contributed by atoms with E-state index >= 15 is 0 Å². The predicted molar refractivity (Wildman–Crippen MR) is 90.3 cm³/mol. The zero-order chi connectivity index (χ0) is 16.5. The summed E-state index contributed by atoms with van der Waals surface area (Å²) in [5, 5.41) is 8.62. The summed E-state index contributed by atoms with van der Waals surface area (Å²) in [7, 11) is 0. The number of pyridine rings is 1. The Hall–Kier alpha value is -2.22. The standard InChI is InChI=1S/C18H24N4O/c1-2-22(12-4-10-19)18(23)6-3-5-17-13-15(9-11-20-17)14-21-16-7-8-16/h9,11,13-14,16H,2-8,12H2,1H3. The van der Waals surface area contributed by atoms with Gasteiger partial charge in [-0.25, -0.2) is 0 Å². The van der Waals surface area contributed by atoms with E-state index in [-0.39, 0.29) is 5.91 Å². The summed E-state index contributed by atoms with van der Waals surface area (Å²) in [5.74, 6) is 0.120. The molecule has 1 aliphatic carbocycles. The van der Waals surface area contributed by atoms with Gasteiger partial charge in [-0.3, -0.25) is 14.8 Å². The maximum absolute atomic E-state index is 12.1. The van der Waals surface area contributed by atoms with E-state index < -0.39 is 0 Å². The van der Waals surface area contributed by atoms with Gasteiger partial charge in [0, 0.05) is 37.6 Å². The topological polar surface area (TPSA) is 69.3 Å². The quantitative estimate of drug-likeness (QED) is 0.658. The molecule has 5 nitrogen and oxygen atoms in total. The number of carbonyl (C=O) groups is 1. The van der Waals surface area contributed by atoms with E-state index in [2.05, 4.69) is 16.0 Å². The molecule has 1 aromatic rings. The second-order valence-corrected chi connectivity index (χ2v) is 5.82. The minimum Gasteiger partial charge on any atom is -0.342 e. The number of amides is 1. The van der Waals surface area contributed by atoms with Crippen LogP contribution in [-0.2, 0) is 11.2 Å². The van der Waals surface area contributed by atoms with E-state index in [1.54, 1.807) is 11.1 Å². The van der Waals surface area contributed by atoms with Gasteiger partial charge in [0.1, 0.15) is 0 Å². The molecule has 0 bridgehead atoms. The van der Waals surface area contributed by atoms with E-state index in [1.165, 1.54) is 12.8 Å². The largest absolute Gasteiger partial charge is 0.342 e. The Bertz CT molecular complexity index is 587. The fourth-order valence-electron chi connectivity index (χ4n) is 2.35. The van der Waals surface area contributed by atoms with Crippen molar-refractivity contribution in [3.63, 3.8) is 0 Å². The van der Waals surface area contributed by atoms with Crippen LogP contribution in [0.1, 0.15) is 50.3 Å². The Morgan fingerprint density at radius 3 is 3.09 bits per heavy atom. The molecule has 0 atom stereocenters. The number of carbonyl (C=O) groups excluding carboxylic acids is 1. The van der Waals surface area contributed by atoms with Gasteiger partial charge in [0.25, 0.3) is 0 Å². The zero-order valence-corrected chi connectivity index (χ0v) is 13.7. The third kappa shape index (κ3) is 6.19. The molecule has 1 heterocycles. The maximum Gasteiger partial charge on any atom is 0.222 e. The van der Waals surface area contributed by atoms with Gasteiger partial charge in [0.2, 0.25) is 5.91 Å². The zero-order valence-electron chi connectivity index (χ0n) is 13.7. The second kappa shape index (κ2) is 9.04. The first-order chi connectivity index (χ1) is 11.2. The van der Waals surface area contributed by atoms with Crippen LogP contribution >= 0.6 is 0 Å². The van der Waals surface area contributed by atoms with Crippen molar-refractivity contribution in [1.29, 1.82) is 5.26 Å². The highest BCUT2D eigenvalue weighted by atomic mass is 16.2. The molecule has 122 valence electrons. The monoisotopic (exact) mass is 312 g/mol. The lowest BCUT2D eigenvalue weighted by atomic mass is 10.1. The van der Waals surface area contributed by atoms with Crippen LogP contribution in [0.3, 0.4) is 0 Å². The SMILES string of the molecule is CCN(CCC#N)C(=O)CCCc1cc(C=NC2CC2)ccn1. The molecule has 0 radical (unpaired) electrons. The Morgan fingerprint density at radius 1 is 1.57 bits per heavy atom. The van der Waals surface area contributed by atoms with Crippen molar-refractivity contribution in [3.05, 3.63) is 29.6 Å². The van der Waals surface area contributed by atoms with Crippen molar-refractivity contribution < 1.29 is 4.79 Å². The Balaban J connectivity index is 1.77. The van der Waals surface area contributed by atoms with E-state index in [1.807, 2.05) is 25.3 Å². The molecule has 1 saturated carbocycles. The number of rotatable bonds is 9. The molecule has 0 N–H and O–H groups in total. The molecule has 2 rings (SSSR count). The lowest BCUT2D eigenvalue weighted by Crippen LogP contribution is -2.31. The smallest absolute Gasteiger partial charge is 0.222 e. The highest BCUT2D eigenvalue weighted by Gasteiger charge is 2.18. The number of nitriles is 1. The van der Waals surface area contributed by atoms with Crippen molar-refractivity contribution in [2.75, 3.05) is 13.1 Å². The Kier molecular flexibility index (Phi) is 6.74. The molecule has 0 aromatic carbocycles. The lowest BCUT2D eigenvalue weighted by molar-refractivity contribution is -0.131. The van der Waals surface area contributed by atoms with Gasteiger partial charge < -0.3 is 4.90 Å². The third-order valence-electron chi connectivity index (χ3n) is 3.87. The maximum atomic E-state index is 12.1. The highest BCUT2D eigenvalue weighted by Crippen LogP contribution is 2.23. The number of aromatic nitrogens is 1. The first-order valence-electron chi connectivity index (χ1n) is 8.35. The van der Waals surface area contributed by atoms with E-state index in [4.69, 9.17) is 5.26 Å². The van der Waals surface area contributed by atoms with Crippen LogP contribution in [0, 0.1) is 11.3 Å². The van der Waals surface area contributed by atoms with Crippen LogP contribution in [0.5, 0.6) is 0 Å². The van der Waals surface area contributed by atoms with Crippen LogP contribution in [0.25, 0.3) is 0 Å². The summed E-state index contributed by atoms with van der Waals surface area (Å²) >= 11 is 0. The average Bonchev–Trinajstić information content (AvgIpc) is 3.38. The molecule has 23 heavy (non-hydrogen) atoms. The first-order valence-corrected chi connectivity index (χ1v) is 8.35. The first kappa shape index (κ1) is 17.1. The summed E-state index contributed by atoms with van der Waals surface area (Å²) in [4.78, 5) is 22.7. The number of aliphatic imine (C=N–C) groups is 1. The fourth-order valence-corrected chi connectivity index (χ4v) is 2.35. The molecule has 1 amide bonds. The third-order valence-corrected chi connectivity index (χ3v) is 3.87. The average molecular weight is 312 g/mol. The van der Waals surface area contributed by atoms with E-state index in [0.717, 1.165) is 24.1 Å². The molecule has 5 heteroatoms.